The van der Waals surface area contributed by atoms with Crippen molar-refractivity contribution in [3.05, 3.63) is 71.9 Å². The van der Waals surface area contributed by atoms with Crippen LogP contribution in [0.4, 0.5) is 4.39 Å². The van der Waals surface area contributed by atoms with Gasteiger partial charge in [-0.2, -0.15) is 4.98 Å². The number of aromatic hydroxyl groups is 1. The van der Waals surface area contributed by atoms with Crippen LogP contribution in [-0.2, 0) is 6.54 Å². The van der Waals surface area contributed by atoms with Gasteiger partial charge >= 0.3 is 0 Å². The smallest absolute Gasteiger partial charge is 0.241 e. The van der Waals surface area contributed by atoms with Crippen molar-refractivity contribution in [1.82, 2.24) is 15.0 Å². The summed E-state index contributed by atoms with van der Waals surface area (Å²) in [7, 11) is 0. The van der Waals surface area contributed by atoms with Crippen molar-refractivity contribution < 1.29 is 14.0 Å². The van der Waals surface area contributed by atoms with E-state index in [1.54, 1.807) is 24.3 Å². The van der Waals surface area contributed by atoms with Crippen molar-refractivity contribution in [2.75, 3.05) is 13.1 Å². The van der Waals surface area contributed by atoms with E-state index in [1.807, 2.05) is 12.1 Å². The quantitative estimate of drug-likeness (QED) is 0.773. The number of rotatable bonds is 4. The van der Waals surface area contributed by atoms with Crippen LogP contribution in [0.1, 0.15) is 17.9 Å². The highest BCUT2D eigenvalue weighted by atomic mass is 19.1. The van der Waals surface area contributed by atoms with Gasteiger partial charge in [0.2, 0.25) is 11.7 Å². The maximum atomic E-state index is 13.0. The van der Waals surface area contributed by atoms with Crippen LogP contribution >= 0.6 is 0 Å². The molecule has 0 radical (unpaired) electrons. The zero-order chi connectivity index (χ0) is 17.9. The summed E-state index contributed by atoms with van der Waals surface area (Å²) in [6.45, 7) is 2.26. The van der Waals surface area contributed by atoms with Crippen LogP contribution in [0.5, 0.6) is 5.75 Å². The molecule has 5 nitrogen and oxygen atoms in total. The first-order valence-electron chi connectivity index (χ1n) is 8.47. The first kappa shape index (κ1) is 16.5. The molecule has 0 bridgehead atoms. The molecule has 0 fully saturated rings. The molecule has 6 heteroatoms. The molecule has 0 spiro atoms. The van der Waals surface area contributed by atoms with Gasteiger partial charge < -0.3 is 9.63 Å². The van der Waals surface area contributed by atoms with E-state index in [0.717, 1.165) is 30.6 Å². The Balaban J connectivity index is 1.40. The molecule has 0 amide bonds. The monoisotopic (exact) mass is 351 g/mol. The SMILES string of the molecule is Oc1ccc(C2=CCN(Cc3nc(-c4ccc(F)cc4)no3)CC2)cc1. The first-order chi connectivity index (χ1) is 12.7. The molecule has 2 aromatic carbocycles. The zero-order valence-electron chi connectivity index (χ0n) is 14.1. The minimum absolute atomic E-state index is 0.278. The van der Waals surface area contributed by atoms with E-state index in [-0.39, 0.29) is 11.6 Å². The molecule has 26 heavy (non-hydrogen) atoms. The number of phenolic OH excluding ortho intramolecular Hbond substituents is 1. The minimum Gasteiger partial charge on any atom is -0.508 e. The topological polar surface area (TPSA) is 62.4 Å². The number of benzene rings is 2. The van der Waals surface area contributed by atoms with Gasteiger partial charge in [-0.1, -0.05) is 23.4 Å². The molecular formula is C20H18FN3O2. The fourth-order valence-corrected chi connectivity index (χ4v) is 3.02. The van der Waals surface area contributed by atoms with Gasteiger partial charge in [0.1, 0.15) is 11.6 Å². The Morgan fingerprint density at radius 1 is 1.04 bits per heavy atom. The average molecular weight is 351 g/mol. The molecule has 1 N–H and O–H groups in total. The van der Waals surface area contributed by atoms with E-state index in [0.29, 0.717) is 18.3 Å². The largest absolute Gasteiger partial charge is 0.508 e. The van der Waals surface area contributed by atoms with E-state index < -0.39 is 0 Å². The normalized spacial score (nSPS) is 15.0. The number of halogens is 1. The third kappa shape index (κ3) is 3.65. The van der Waals surface area contributed by atoms with Crippen LogP contribution in [-0.4, -0.2) is 33.2 Å². The molecule has 0 unspecified atom stereocenters. The van der Waals surface area contributed by atoms with Crippen LogP contribution in [0.3, 0.4) is 0 Å². The summed E-state index contributed by atoms with van der Waals surface area (Å²) in [6, 6.07) is 13.3. The molecule has 3 aromatic rings. The van der Waals surface area contributed by atoms with Gasteiger partial charge in [0, 0.05) is 18.7 Å². The summed E-state index contributed by atoms with van der Waals surface area (Å²) >= 11 is 0. The molecule has 1 aromatic heterocycles. The average Bonchev–Trinajstić information content (AvgIpc) is 3.12. The Kier molecular flexibility index (Phi) is 4.50. The zero-order valence-corrected chi connectivity index (χ0v) is 14.1. The Labute approximate surface area is 150 Å². The summed E-state index contributed by atoms with van der Waals surface area (Å²) in [5.41, 5.74) is 3.15. The fraction of sp³-hybridized carbons (Fsp3) is 0.200. The molecule has 4 rings (SSSR count). The van der Waals surface area contributed by atoms with Crippen molar-refractivity contribution >= 4 is 5.57 Å². The van der Waals surface area contributed by atoms with Gasteiger partial charge in [0.15, 0.2) is 0 Å². The van der Waals surface area contributed by atoms with Crippen molar-refractivity contribution in [3.8, 4) is 17.1 Å². The molecule has 132 valence electrons. The lowest BCUT2D eigenvalue weighted by Gasteiger charge is -2.25. The second kappa shape index (κ2) is 7.09. The standard InChI is InChI=1S/C20H18FN3O2/c21-17-5-1-16(2-6-17)20-22-19(26-23-20)13-24-11-9-15(10-12-24)14-3-7-18(25)8-4-14/h1-9,25H,10-13H2. The van der Waals surface area contributed by atoms with Gasteiger partial charge in [-0.15, -0.1) is 0 Å². The summed E-state index contributed by atoms with van der Waals surface area (Å²) in [6.07, 6.45) is 3.11. The summed E-state index contributed by atoms with van der Waals surface area (Å²) in [4.78, 5) is 6.63. The number of nitrogens with zero attached hydrogens (tertiary/aromatic N) is 3. The van der Waals surface area contributed by atoms with Crippen molar-refractivity contribution in [2.24, 2.45) is 0 Å². The van der Waals surface area contributed by atoms with E-state index in [1.165, 1.54) is 17.7 Å². The predicted molar refractivity (Wildman–Crippen MR) is 95.7 cm³/mol. The number of aromatic nitrogens is 2. The lowest BCUT2D eigenvalue weighted by atomic mass is 9.99. The van der Waals surface area contributed by atoms with Crippen molar-refractivity contribution in [1.29, 1.82) is 0 Å². The van der Waals surface area contributed by atoms with E-state index in [9.17, 15) is 9.50 Å². The fourth-order valence-electron chi connectivity index (χ4n) is 3.02. The minimum atomic E-state index is -0.290. The lowest BCUT2D eigenvalue weighted by Crippen LogP contribution is -2.28. The second-order valence-electron chi connectivity index (χ2n) is 6.28. The number of hydrogen-bond acceptors (Lipinski definition) is 5. The van der Waals surface area contributed by atoms with Crippen LogP contribution in [0.15, 0.2) is 59.1 Å². The van der Waals surface area contributed by atoms with Gasteiger partial charge in [0.25, 0.3) is 0 Å². The summed E-state index contributed by atoms with van der Waals surface area (Å²) in [5, 5.41) is 13.4. The molecule has 1 aliphatic heterocycles. The third-order valence-electron chi connectivity index (χ3n) is 4.46. The predicted octanol–water partition coefficient (Wildman–Crippen LogP) is 3.87. The molecule has 1 aliphatic rings. The van der Waals surface area contributed by atoms with Gasteiger partial charge in [-0.05, 0) is 54.0 Å². The highest BCUT2D eigenvalue weighted by Gasteiger charge is 2.17. The maximum absolute atomic E-state index is 13.0. The van der Waals surface area contributed by atoms with Gasteiger partial charge in [-0.25, -0.2) is 4.39 Å². The van der Waals surface area contributed by atoms with Gasteiger partial charge in [0.05, 0.1) is 6.54 Å². The number of phenols is 1. The van der Waals surface area contributed by atoms with Crippen molar-refractivity contribution in [2.45, 2.75) is 13.0 Å². The Morgan fingerprint density at radius 3 is 2.46 bits per heavy atom. The summed E-state index contributed by atoms with van der Waals surface area (Å²) in [5.74, 6) is 1.00. The van der Waals surface area contributed by atoms with Crippen molar-refractivity contribution in [3.63, 3.8) is 0 Å². The molecule has 2 heterocycles. The second-order valence-corrected chi connectivity index (χ2v) is 6.28. The molecule has 0 aliphatic carbocycles. The lowest BCUT2D eigenvalue weighted by molar-refractivity contribution is 0.245. The van der Waals surface area contributed by atoms with Crippen LogP contribution in [0, 0.1) is 5.82 Å². The number of hydrogen-bond donors (Lipinski definition) is 1. The summed E-state index contributed by atoms with van der Waals surface area (Å²) < 4.78 is 18.3. The third-order valence-corrected chi connectivity index (χ3v) is 4.46. The van der Waals surface area contributed by atoms with Crippen LogP contribution in [0.25, 0.3) is 17.0 Å². The van der Waals surface area contributed by atoms with Gasteiger partial charge in [-0.3, -0.25) is 4.90 Å². The highest BCUT2D eigenvalue weighted by Crippen LogP contribution is 2.25. The first-order valence-corrected chi connectivity index (χ1v) is 8.47. The van der Waals surface area contributed by atoms with E-state index in [4.69, 9.17) is 4.52 Å². The van der Waals surface area contributed by atoms with E-state index >= 15 is 0 Å². The molecule has 0 saturated heterocycles. The van der Waals surface area contributed by atoms with E-state index in [2.05, 4.69) is 21.1 Å². The Morgan fingerprint density at radius 2 is 1.77 bits per heavy atom. The van der Waals surface area contributed by atoms with Crippen LogP contribution in [0.2, 0.25) is 0 Å². The molecule has 0 saturated carbocycles. The Hall–Kier alpha value is -2.99. The molecular weight excluding hydrogens is 333 g/mol. The van der Waals surface area contributed by atoms with Crippen LogP contribution < -0.4 is 0 Å². The maximum Gasteiger partial charge on any atom is 0.241 e. The highest BCUT2D eigenvalue weighted by molar-refractivity contribution is 5.67. The molecule has 0 atom stereocenters. The Bertz CT molecular complexity index is 917.